The van der Waals surface area contributed by atoms with Crippen LogP contribution in [0.15, 0.2) is 30.3 Å². The number of hydrogen-bond acceptors (Lipinski definition) is 6. The normalized spacial score (nSPS) is 17.2. The number of carbonyl (C=O) groups excluding carboxylic acids is 1. The number of benzene rings is 2. The number of nitrogens with zero attached hydrogens (tertiary/aromatic N) is 2. The van der Waals surface area contributed by atoms with E-state index >= 15 is 0 Å². The molecule has 2 heterocycles. The van der Waals surface area contributed by atoms with E-state index in [2.05, 4.69) is 30.2 Å². The van der Waals surface area contributed by atoms with Gasteiger partial charge in [0.05, 0.1) is 18.5 Å². The van der Waals surface area contributed by atoms with Gasteiger partial charge in [0, 0.05) is 36.9 Å². The number of ether oxygens (including phenoxy) is 3. The average Bonchev–Trinajstić information content (AvgIpc) is 3.12. The van der Waals surface area contributed by atoms with Gasteiger partial charge in [-0.1, -0.05) is 6.07 Å². The van der Waals surface area contributed by atoms with Crippen LogP contribution in [0.5, 0.6) is 11.5 Å². The molecule has 7 nitrogen and oxygen atoms in total. The van der Waals surface area contributed by atoms with Crippen LogP contribution in [0.2, 0.25) is 0 Å². The van der Waals surface area contributed by atoms with Crippen LogP contribution in [0.3, 0.4) is 0 Å². The molecule has 0 radical (unpaired) electrons. The number of methoxy groups -OCH3 is 2. The highest BCUT2D eigenvalue weighted by Gasteiger charge is 2.47. The summed E-state index contributed by atoms with van der Waals surface area (Å²) in [7, 11) is 3.24. The Morgan fingerprint density at radius 3 is 2.53 bits per heavy atom. The number of carbonyl (C=O) groups is 1. The maximum atomic E-state index is 13.3. The number of amides is 1. The molecule has 1 N–H and O–H groups in total. The van der Waals surface area contributed by atoms with E-state index in [-0.39, 0.29) is 18.7 Å². The minimum atomic E-state index is -0.665. The molecule has 2 aromatic carbocycles. The molecule has 30 heavy (non-hydrogen) atoms. The first-order valence-corrected chi connectivity index (χ1v) is 10.1. The lowest BCUT2D eigenvalue weighted by Gasteiger charge is -2.42. The van der Waals surface area contributed by atoms with Gasteiger partial charge in [-0.2, -0.15) is 0 Å². The molecule has 0 bridgehead atoms. The molecule has 0 spiro atoms. The molecule has 0 aromatic heterocycles. The van der Waals surface area contributed by atoms with Crippen LogP contribution in [0.4, 0.5) is 11.4 Å². The fraction of sp³-hybridized carbons (Fsp3) is 0.435. The van der Waals surface area contributed by atoms with Gasteiger partial charge in [-0.3, -0.25) is 4.79 Å². The number of nitrogens with one attached hydrogen (secondary N) is 1. The van der Waals surface area contributed by atoms with E-state index in [4.69, 9.17) is 14.2 Å². The monoisotopic (exact) mass is 411 g/mol. The van der Waals surface area contributed by atoms with E-state index in [0.717, 1.165) is 28.1 Å². The van der Waals surface area contributed by atoms with Crippen molar-refractivity contribution >= 4 is 17.3 Å². The summed E-state index contributed by atoms with van der Waals surface area (Å²) in [6.07, 6.45) is 0. The highest BCUT2D eigenvalue weighted by atomic mass is 16.7. The first-order valence-electron chi connectivity index (χ1n) is 10.1. The van der Waals surface area contributed by atoms with Crippen molar-refractivity contribution in [3.63, 3.8) is 0 Å². The predicted octanol–water partition coefficient (Wildman–Crippen LogP) is 4.02. The summed E-state index contributed by atoms with van der Waals surface area (Å²) in [4.78, 5) is 13.3. The molecule has 4 rings (SSSR count). The zero-order chi connectivity index (χ0) is 21.6. The Balaban J connectivity index is 1.85. The van der Waals surface area contributed by atoms with Gasteiger partial charge in [0.15, 0.2) is 6.79 Å². The molecule has 0 unspecified atom stereocenters. The van der Waals surface area contributed by atoms with Gasteiger partial charge in [-0.05, 0) is 51.5 Å². The zero-order valence-corrected chi connectivity index (χ0v) is 18.4. The molecule has 1 amide bonds. The van der Waals surface area contributed by atoms with Crippen molar-refractivity contribution in [2.45, 2.75) is 45.8 Å². The summed E-state index contributed by atoms with van der Waals surface area (Å²) in [5.74, 6) is 1.44. The quantitative estimate of drug-likeness (QED) is 0.725. The van der Waals surface area contributed by atoms with Gasteiger partial charge >= 0.3 is 0 Å². The van der Waals surface area contributed by atoms with Crippen molar-refractivity contribution in [1.82, 2.24) is 5.01 Å². The van der Waals surface area contributed by atoms with Crippen molar-refractivity contribution in [3.05, 3.63) is 35.9 Å². The number of anilines is 2. The molecule has 2 aliphatic heterocycles. The lowest BCUT2D eigenvalue weighted by Crippen LogP contribution is -2.58. The first kappa shape index (κ1) is 20.5. The van der Waals surface area contributed by atoms with Gasteiger partial charge in [0.2, 0.25) is 0 Å². The SMILES string of the molecule is COCOc1ccc(-c2ccc3c4c2CN(C(C)C)N4C(=O)C(C)(C)N3)c(OC)c1. The zero-order valence-electron chi connectivity index (χ0n) is 18.4. The summed E-state index contributed by atoms with van der Waals surface area (Å²) >= 11 is 0. The molecule has 0 fully saturated rings. The van der Waals surface area contributed by atoms with Crippen LogP contribution in [-0.2, 0) is 16.1 Å². The van der Waals surface area contributed by atoms with Crippen LogP contribution in [0.1, 0.15) is 33.3 Å². The molecule has 0 saturated carbocycles. The fourth-order valence-corrected chi connectivity index (χ4v) is 4.15. The second-order valence-corrected chi connectivity index (χ2v) is 8.46. The van der Waals surface area contributed by atoms with Crippen molar-refractivity contribution in [2.24, 2.45) is 0 Å². The van der Waals surface area contributed by atoms with E-state index in [1.165, 1.54) is 0 Å². The highest BCUT2D eigenvalue weighted by molar-refractivity contribution is 6.09. The summed E-state index contributed by atoms with van der Waals surface area (Å²) in [5.41, 5.74) is 4.37. The van der Waals surface area contributed by atoms with Crippen LogP contribution < -0.4 is 19.8 Å². The van der Waals surface area contributed by atoms with Gasteiger partial charge in [-0.15, -0.1) is 0 Å². The van der Waals surface area contributed by atoms with E-state index in [9.17, 15) is 4.79 Å². The van der Waals surface area contributed by atoms with Gasteiger partial charge in [-0.25, -0.2) is 10.0 Å². The van der Waals surface area contributed by atoms with Crippen molar-refractivity contribution in [2.75, 3.05) is 31.3 Å². The van der Waals surface area contributed by atoms with Gasteiger partial charge < -0.3 is 19.5 Å². The Bertz CT molecular complexity index is 987. The maximum Gasteiger partial charge on any atom is 0.266 e. The van der Waals surface area contributed by atoms with E-state index in [1.54, 1.807) is 14.2 Å². The minimum Gasteiger partial charge on any atom is -0.496 e. The Labute approximate surface area is 177 Å². The maximum absolute atomic E-state index is 13.3. The summed E-state index contributed by atoms with van der Waals surface area (Å²) in [6.45, 7) is 8.89. The lowest BCUT2D eigenvalue weighted by molar-refractivity contribution is -0.125. The lowest BCUT2D eigenvalue weighted by atomic mass is 9.93. The van der Waals surface area contributed by atoms with Crippen LogP contribution in [-0.4, -0.2) is 43.5 Å². The highest BCUT2D eigenvalue weighted by Crippen LogP contribution is 2.49. The third kappa shape index (κ3) is 3.18. The molecule has 160 valence electrons. The molecular weight excluding hydrogens is 382 g/mol. The van der Waals surface area contributed by atoms with Gasteiger partial charge in [0.1, 0.15) is 17.0 Å². The van der Waals surface area contributed by atoms with E-state index in [0.29, 0.717) is 18.0 Å². The number of hydrazine groups is 1. The topological polar surface area (TPSA) is 63.3 Å². The largest absolute Gasteiger partial charge is 0.496 e. The Kier molecular flexibility index (Phi) is 5.11. The predicted molar refractivity (Wildman–Crippen MR) is 117 cm³/mol. The molecule has 2 aromatic rings. The van der Waals surface area contributed by atoms with Crippen LogP contribution in [0, 0.1) is 0 Å². The molecule has 0 aliphatic carbocycles. The molecule has 0 saturated heterocycles. The third-order valence-corrected chi connectivity index (χ3v) is 5.65. The van der Waals surface area contributed by atoms with Crippen LogP contribution >= 0.6 is 0 Å². The Morgan fingerprint density at radius 1 is 1.13 bits per heavy atom. The fourth-order valence-electron chi connectivity index (χ4n) is 4.15. The second kappa shape index (κ2) is 7.49. The van der Waals surface area contributed by atoms with E-state index < -0.39 is 5.54 Å². The van der Waals surface area contributed by atoms with Gasteiger partial charge in [0.25, 0.3) is 5.91 Å². The Hall–Kier alpha value is -2.77. The second-order valence-electron chi connectivity index (χ2n) is 8.46. The van der Waals surface area contributed by atoms with Crippen molar-refractivity contribution < 1.29 is 19.0 Å². The smallest absolute Gasteiger partial charge is 0.266 e. The first-order chi connectivity index (χ1) is 14.3. The number of rotatable bonds is 6. The summed E-state index contributed by atoms with van der Waals surface area (Å²) < 4.78 is 16.2. The third-order valence-electron chi connectivity index (χ3n) is 5.65. The average molecular weight is 412 g/mol. The molecule has 7 heteroatoms. The van der Waals surface area contributed by atoms with Crippen molar-refractivity contribution in [3.8, 4) is 22.6 Å². The Morgan fingerprint density at radius 2 is 1.87 bits per heavy atom. The summed E-state index contributed by atoms with van der Waals surface area (Å²) in [5, 5.41) is 7.40. The standard InChI is InChI=1S/C23H29N3O4/c1-14(2)25-12-18-16(17-8-7-15(30-13-28-5)11-20(17)29-6)9-10-19-21(18)26(25)22(27)23(3,4)24-19/h7-11,14,24H,12-13H2,1-6H3. The molecule has 2 aliphatic rings. The van der Waals surface area contributed by atoms with Crippen LogP contribution in [0.25, 0.3) is 11.1 Å². The summed E-state index contributed by atoms with van der Waals surface area (Å²) in [6, 6.07) is 10.1. The molecule has 0 atom stereocenters. The van der Waals surface area contributed by atoms with Crippen molar-refractivity contribution in [1.29, 1.82) is 0 Å². The molecular formula is C23H29N3O4. The minimum absolute atomic E-state index is 0.0508. The van der Waals surface area contributed by atoms with E-state index in [1.807, 2.05) is 43.1 Å². The number of hydrogen-bond donors (Lipinski definition) is 1.